The molecule has 0 saturated carbocycles. The van der Waals surface area contributed by atoms with E-state index in [1.807, 2.05) is 54.6 Å². The minimum atomic E-state index is 0.0704. The molecule has 3 rings (SSSR count). The van der Waals surface area contributed by atoms with Gasteiger partial charge >= 0.3 is 0 Å². The summed E-state index contributed by atoms with van der Waals surface area (Å²) in [5.41, 5.74) is 2.67. The van der Waals surface area contributed by atoms with Gasteiger partial charge in [-0.25, -0.2) is 0 Å². The number of hydrogen-bond donors (Lipinski definition) is 0. The fourth-order valence-electron chi connectivity index (χ4n) is 2.46. The number of ketones is 1. The molecule has 1 aliphatic rings. The van der Waals surface area contributed by atoms with Crippen LogP contribution in [0.15, 0.2) is 57.7 Å². The van der Waals surface area contributed by atoms with E-state index in [2.05, 4.69) is 6.92 Å². The normalized spacial score (nSPS) is 16.0. The summed E-state index contributed by atoms with van der Waals surface area (Å²) in [5, 5.41) is 0.687. The van der Waals surface area contributed by atoms with Gasteiger partial charge in [-0.2, -0.15) is 0 Å². The first-order valence-electron chi connectivity index (χ1n) is 7.83. The number of methoxy groups -OCH3 is 1. The zero-order valence-corrected chi connectivity index (χ0v) is 16.3. The van der Waals surface area contributed by atoms with E-state index in [0.717, 1.165) is 37.3 Å². The fraction of sp³-hybridized carbons (Fsp3) is 0.150. The summed E-state index contributed by atoms with van der Waals surface area (Å²) < 4.78 is 6.26. The van der Waals surface area contributed by atoms with E-state index in [0.29, 0.717) is 5.02 Å². The Labute approximate surface area is 161 Å². The molecule has 0 N–H and O–H groups in total. The molecule has 2 aromatic rings. The first-order valence-corrected chi connectivity index (χ1v) is 10.0. The van der Waals surface area contributed by atoms with Gasteiger partial charge in [0, 0.05) is 5.02 Å². The lowest BCUT2D eigenvalue weighted by Gasteiger charge is -2.05. The third-order valence-corrected chi connectivity index (χ3v) is 6.20. The highest BCUT2D eigenvalue weighted by molar-refractivity contribution is 8.25. The molecule has 0 aromatic heterocycles. The molecule has 2 aromatic carbocycles. The number of thioether (sulfide) groups is 2. The smallest absolute Gasteiger partial charge is 0.202 e. The van der Waals surface area contributed by atoms with E-state index in [4.69, 9.17) is 16.3 Å². The molecule has 0 aliphatic carbocycles. The summed E-state index contributed by atoms with van der Waals surface area (Å²) in [7, 11) is 1.64. The van der Waals surface area contributed by atoms with Gasteiger partial charge in [-0.3, -0.25) is 4.79 Å². The molecule has 128 valence electrons. The number of halogens is 1. The van der Waals surface area contributed by atoms with Crippen LogP contribution < -0.4 is 4.74 Å². The van der Waals surface area contributed by atoms with Crippen molar-refractivity contribution < 1.29 is 9.53 Å². The third kappa shape index (κ3) is 4.14. The molecule has 0 amide bonds. The number of carbonyl (C=O) groups excluding carboxylic acids is 1. The Morgan fingerprint density at radius 2 is 1.80 bits per heavy atom. The van der Waals surface area contributed by atoms with Gasteiger partial charge in [0.15, 0.2) is 0 Å². The van der Waals surface area contributed by atoms with Gasteiger partial charge in [-0.1, -0.05) is 54.6 Å². The van der Waals surface area contributed by atoms with Crippen LogP contribution in [0, 0.1) is 0 Å². The molecule has 5 heteroatoms. The monoisotopic (exact) mass is 388 g/mol. The lowest BCUT2D eigenvalue weighted by atomic mass is 10.0. The molecule has 0 fully saturated rings. The molecule has 25 heavy (non-hydrogen) atoms. The van der Waals surface area contributed by atoms with Crippen LogP contribution in [-0.2, 0) is 4.79 Å². The predicted molar refractivity (Wildman–Crippen MR) is 110 cm³/mol. The zero-order valence-electron chi connectivity index (χ0n) is 13.9. The summed E-state index contributed by atoms with van der Waals surface area (Å²) in [6.07, 6.45) is 1.93. The quantitative estimate of drug-likeness (QED) is 0.575. The second kappa shape index (κ2) is 8.17. The van der Waals surface area contributed by atoms with Gasteiger partial charge in [0.25, 0.3) is 0 Å². The molecule has 0 bridgehead atoms. The standard InChI is InChI=1S/C20H17ClO2S2/c1-3-24-20-18(14-6-10-16(23-2)11-7-14)19(22)17(25-20)12-13-4-8-15(21)9-5-13/h4-12H,3H2,1-2H3/b17-12-. The largest absolute Gasteiger partial charge is 0.497 e. The van der Waals surface area contributed by atoms with Crippen molar-refractivity contribution >= 4 is 52.6 Å². The first kappa shape index (κ1) is 18.2. The number of benzene rings is 2. The summed E-state index contributed by atoms with van der Waals surface area (Å²) in [6, 6.07) is 15.1. The molecular weight excluding hydrogens is 372 g/mol. The van der Waals surface area contributed by atoms with Crippen LogP contribution in [0.1, 0.15) is 18.1 Å². The Hall–Kier alpha value is -1.62. The highest BCUT2D eigenvalue weighted by Gasteiger charge is 2.30. The topological polar surface area (TPSA) is 26.3 Å². The predicted octanol–water partition coefficient (Wildman–Crippen LogP) is 6.13. The van der Waals surface area contributed by atoms with E-state index in [1.165, 1.54) is 0 Å². The average molecular weight is 389 g/mol. The van der Waals surface area contributed by atoms with E-state index < -0.39 is 0 Å². The van der Waals surface area contributed by atoms with Crippen molar-refractivity contribution in [3.05, 3.63) is 73.8 Å². The number of allylic oxidation sites excluding steroid dienone is 2. The number of hydrogen-bond acceptors (Lipinski definition) is 4. The van der Waals surface area contributed by atoms with E-state index in [1.54, 1.807) is 30.6 Å². The number of Topliss-reactive ketones (excluding diaryl/α,β-unsaturated/α-hetero) is 1. The maximum absolute atomic E-state index is 13.0. The minimum absolute atomic E-state index is 0.0704. The first-order chi connectivity index (χ1) is 12.1. The lowest BCUT2D eigenvalue weighted by molar-refractivity contribution is -0.109. The van der Waals surface area contributed by atoms with Crippen molar-refractivity contribution in [2.75, 3.05) is 12.9 Å². The molecule has 0 spiro atoms. The van der Waals surface area contributed by atoms with Gasteiger partial charge in [-0.05, 0) is 47.2 Å². The highest BCUT2D eigenvalue weighted by Crippen LogP contribution is 2.49. The van der Waals surface area contributed by atoms with Crippen LogP contribution in [-0.4, -0.2) is 18.6 Å². The minimum Gasteiger partial charge on any atom is -0.497 e. The molecule has 1 aliphatic heterocycles. The Balaban J connectivity index is 1.95. The fourth-order valence-corrected chi connectivity index (χ4v) is 4.96. The van der Waals surface area contributed by atoms with E-state index in [9.17, 15) is 4.79 Å². The van der Waals surface area contributed by atoms with Gasteiger partial charge in [0.2, 0.25) is 5.78 Å². The summed E-state index contributed by atoms with van der Waals surface area (Å²) in [4.78, 5) is 13.7. The van der Waals surface area contributed by atoms with Gasteiger partial charge in [0.05, 0.1) is 21.8 Å². The maximum Gasteiger partial charge on any atom is 0.202 e. The van der Waals surface area contributed by atoms with Gasteiger partial charge in [0.1, 0.15) is 5.75 Å². The van der Waals surface area contributed by atoms with Crippen molar-refractivity contribution in [1.82, 2.24) is 0 Å². The zero-order chi connectivity index (χ0) is 17.8. The van der Waals surface area contributed by atoms with E-state index >= 15 is 0 Å². The number of rotatable bonds is 5. The van der Waals surface area contributed by atoms with Crippen molar-refractivity contribution in [2.45, 2.75) is 6.92 Å². The Kier molecular flexibility index (Phi) is 5.94. The Morgan fingerprint density at radius 3 is 2.40 bits per heavy atom. The molecular formula is C20H17ClO2S2. The van der Waals surface area contributed by atoms with Crippen LogP contribution >= 0.6 is 35.1 Å². The number of ether oxygens (including phenoxy) is 1. The Morgan fingerprint density at radius 1 is 1.12 bits per heavy atom. The Bertz CT molecular complexity index is 837. The second-order valence-corrected chi connectivity index (χ2v) is 8.34. The highest BCUT2D eigenvalue weighted by atomic mass is 35.5. The lowest BCUT2D eigenvalue weighted by Crippen LogP contribution is -1.98. The molecule has 0 radical (unpaired) electrons. The van der Waals surface area contributed by atoms with Crippen LogP contribution in [0.25, 0.3) is 11.6 Å². The average Bonchev–Trinajstić information content (AvgIpc) is 2.93. The van der Waals surface area contributed by atoms with Crippen LogP contribution in [0.4, 0.5) is 0 Å². The maximum atomic E-state index is 13.0. The van der Waals surface area contributed by atoms with Crippen LogP contribution in [0.5, 0.6) is 5.75 Å². The second-order valence-electron chi connectivity index (χ2n) is 5.32. The van der Waals surface area contributed by atoms with Crippen molar-refractivity contribution in [1.29, 1.82) is 0 Å². The van der Waals surface area contributed by atoms with Crippen LogP contribution in [0.3, 0.4) is 0 Å². The molecule has 0 saturated heterocycles. The molecule has 0 unspecified atom stereocenters. The van der Waals surface area contributed by atoms with Gasteiger partial charge < -0.3 is 4.74 Å². The molecule has 0 atom stereocenters. The van der Waals surface area contributed by atoms with Crippen molar-refractivity contribution in [2.24, 2.45) is 0 Å². The van der Waals surface area contributed by atoms with E-state index in [-0.39, 0.29) is 5.78 Å². The SMILES string of the molecule is CCSC1=C(c2ccc(OC)cc2)C(=O)/C(=C/c2ccc(Cl)cc2)S1. The summed E-state index contributed by atoms with van der Waals surface area (Å²) >= 11 is 9.18. The molecule has 2 nitrogen and oxygen atoms in total. The molecule has 1 heterocycles. The van der Waals surface area contributed by atoms with Crippen molar-refractivity contribution in [3.63, 3.8) is 0 Å². The third-order valence-electron chi connectivity index (χ3n) is 3.68. The summed E-state index contributed by atoms with van der Waals surface area (Å²) in [6.45, 7) is 2.09. The number of carbonyl (C=O) groups is 1. The van der Waals surface area contributed by atoms with Crippen LogP contribution in [0.2, 0.25) is 5.02 Å². The van der Waals surface area contributed by atoms with Gasteiger partial charge in [-0.15, -0.1) is 11.8 Å². The summed E-state index contributed by atoms with van der Waals surface area (Å²) in [5.74, 6) is 1.77. The van der Waals surface area contributed by atoms with Crippen molar-refractivity contribution in [3.8, 4) is 5.75 Å².